The Bertz CT molecular complexity index is 46.8. The first-order valence-electron chi connectivity index (χ1n) is 1.05. The molecule has 0 heterocycles. The van der Waals surface area contributed by atoms with Crippen LogP contribution >= 0.6 is 0 Å². The molecule has 0 aromatic rings. The molecule has 1 N–H and O–H groups in total. The van der Waals surface area contributed by atoms with Gasteiger partial charge in [-0.1, -0.05) is 0 Å². The van der Waals surface area contributed by atoms with Crippen molar-refractivity contribution in [3.63, 3.8) is 0 Å². The molecule has 0 spiro atoms. The third-order valence-corrected chi connectivity index (χ3v) is 0.114. The van der Waals surface area contributed by atoms with Gasteiger partial charge in [0.05, 0.1) is 0 Å². The topological polar surface area (TPSA) is 37.3 Å². The summed E-state index contributed by atoms with van der Waals surface area (Å²) in [6.45, 7) is -1.28. The molecule has 4 heteroatoms. The third kappa shape index (κ3) is 8.86. The number of aliphatic carboxylic acids is 1. The summed E-state index contributed by atoms with van der Waals surface area (Å²) in [4.78, 5) is 8.99. The monoisotopic (exact) mass is 196 g/mol. The van der Waals surface area contributed by atoms with Crippen LogP contribution in [0.4, 0.5) is 4.39 Å². The second-order valence-electron chi connectivity index (χ2n) is 0.527. The summed E-state index contributed by atoms with van der Waals surface area (Å²) >= 11 is 0. The minimum atomic E-state index is -1.41. The van der Waals surface area contributed by atoms with Crippen molar-refractivity contribution in [3.8, 4) is 0 Å². The summed E-state index contributed by atoms with van der Waals surface area (Å²) in [5, 5.41) is 7.35. The van der Waals surface area contributed by atoms with E-state index in [2.05, 4.69) is 0 Å². The molecule has 0 aliphatic rings. The van der Waals surface area contributed by atoms with E-state index in [1.165, 1.54) is 0 Å². The molecular formula is C2H6FInO2. The van der Waals surface area contributed by atoms with Crippen molar-refractivity contribution >= 4 is 31.8 Å². The Morgan fingerprint density at radius 3 is 2.00 bits per heavy atom. The van der Waals surface area contributed by atoms with Crippen LogP contribution in [0.5, 0.6) is 0 Å². The standard InChI is InChI=1S/C2H3FO2.In.3H/c3-1-2(4)5;;;;/h1H2,(H,4,5);;;;. The van der Waals surface area contributed by atoms with Crippen molar-refractivity contribution in [1.29, 1.82) is 0 Å². The number of carboxylic acids is 1. The van der Waals surface area contributed by atoms with Gasteiger partial charge in [-0.3, -0.25) is 0 Å². The zero-order chi connectivity index (χ0) is 4.28. The van der Waals surface area contributed by atoms with E-state index in [-0.39, 0.29) is 25.8 Å². The van der Waals surface area contributed by atoms with Gasteiger partial charge < -0.3 is 5.11 Å². The van der Waals surface area contributed by atoms with Crippen LogP contribution in [0.1, 0.15) is 0 Å². The number of halogens is 1. The molecule has 2 nitrogen and oxygen atoms in total. The van der Waals surface area contributed by atoms with Crippen LogP contribution in [0, 0.1) is 0 Å². The first-order valence-corrected chi connectivity index (χ1v) is 1.05. The second kappa shape index (κ2) is 5.27. The number of rotatable bonds is 1. The summed E-state index contributed by atoms with van der Waals surface area (Å²) in [5.74, 6) is -1.41. The van der Waals surface area contributed by atoms with E-state index in [9.17, 15) is 4.39 Å². The summed E-state index contributed by atoms with van der Waals surface area (Å²) in [7, 11) is 0. The van der Waals surface area contributed by atoms with Crippen LogP contribution in [0.3, 0.4) is 0 Å². The first kappa shape index (κ1) is 9.55. The van der Waals surface area contributed by atoms with Crippen LogP contribution < -0.4 is 0 Å². The molecule has 0 saturated carbocycles. The van der Waals surface area contributed by atoms with Gasteiger partial charge in [0, 0.05) is 0 Å². The van der Waals surface area contributed by atoms with E-state index >= 15 is 0 Å². The van der Waals surface area contributed by atoms with Gasteiger partial charge in [0.1, 0.15) is 0 Å². The van der Waals surface area contributed by atoms with Gasteiger partial charge >= 0.3 is 31.8 Å². The molecule has 0 saturated heterocycles. The van der Waals surface area contributed by atoms with Crippen molar-refractivity contribution in [1.82, 2.24) is 0 Å². The Hall–Kier alpha value is 0.270. The average molecular weight is 196 g/mol. The molecule has 0 unspecified atom stereocenters. The summed E-state index contributed by atoms with van der Waals surface area (Å²) in [5.41, 5.74) is 0. The fraction of sp³-hybridized carbons (Fsp3) is 0.500. The molecule has 0 aromatic carbocycles. The fourth-order valence-corrected chi connectivity index (χ4v) is 0. The van der Waals surface area contributed by atoms with Gasteiger partial charge in [0.15, 0.2) is 6.67 Å². The summed E-state index contributed by atoms with van der Waals surface area (Å²) < 4.78 is 10.5. The van der Waals surface area contributed by atoms with Gasteiger partial charge in [0.25, 0.3) is 0 Å². The van der Waals surface area contributed by atoms with Crippen molar-refractivity contribution in [2.24, 2.45) is 0 Å². The van der Waals surface area contributed by atoms with E-state index < -0.39 is 12.6 Å². The van der Waals surface area contributed by atoms with Gasteiger partial charge in [-0.05, 0) is 0 Å². The molecule has 0 atom stereocenters. The zero-order valence-electron chi connectivity index (χ0n) is 2.44. The minimum absolute atomic E-state index is 0. The van der Waals surface area contributed by atoms with Crippen LogP contribution in [-0.4, -0.2) is 43.6 Å². The van der Waals surface area contributed by atoms with Gasteiger partial charge in [0.2, 0.25) is 0 Å². The van der Waals surface area contributed by atoms with Crippen LogP contribution in [-0.2, 0) is 4.79 Å². The molecule has 0 bridgehead atoms. The number of hydrogen-bond acceptors (Lipinski definition) is 1. The number of carbonyl (C=O) groups is 1. The van der Waals surface area contributed by atoms with Crippen molar-refractivity contribution in [2.45, 2.75) is 0 Å². The molecule has 0 aliphatic carbocycles. The SMILES string of the molecule is O=C(O)CF.[InH3]. The van der Waals surface area contributed by atoms with E-state index in [1.807, 2.05) is 0 Å². The maximum absolute atomic E-state index is 10.5. The van der Waals surface area contributed by atoms with E-state index in [1.54, 1.807) is 0 Å². The van der Waals surface area contributed by atoms with E-state index in [0.29, 0.717) is 0 Å². The van der Waals surface area contributed by atoms with Crippen LogP contribution in [0.15, 0.2) is 0 Å². The van der Waals surface area contributed by atoms with Gasteiger partial charge in [-0.2, -0.15) is 0 Å². The molecule has 0 aliphatic heterocycles. The Morgan fingerprint density at radius 2 is 2.00 bits per heavy atom. The van der Waals surface area contributed by atoms with Gasteiger partial charge in [-0.25, -0.2) is 9.18 Å². The van der Waals surface area contributed by atoms with Crippen LogP contribution in [0.2, 0.25) is 0 Å². The summed E-state index contributed by atoms with van der Waals surface area (Å²) in [6, 6.07) is 0. The summed E-state index contributed by atoms with van der Waals surface area (Å²) in [6.07, 6.45) is 0. The predicted octanol–water partition coefficient (Wildman–Crippen LogP) is -1.14. The number of alkyl halides is 1. The van der Waals surface area contributed by atoms with Crippen molar-refractivity contribution in [3.05, 3.63) is 0 Å². The molecule has 0 radical (unpaired) electrons. The Balaban J connectivity index is 0. The molecule has 6 heavy (non-hydrogen) atoms. The average Bonchev–Trinajstić information content (AvgIpc) is 1.38. The second-order valence-corrected chi connectivity index (χ2v) is 0.527. The van der Waals surface area contributed by atoms with Gasteiger partial charge in [-0.15, -0.1) is 0 Å². The number of hydrogen-bond donors (Lipinski definition) is 1. The zero-order valence-corrected chi connectivity index (χ0v) is 2.44. The fourth-order valence-electron chi connectivity index (χ4n) is 0. The van der Waals surface area contributed by atoms with E-state index in [4.69, 9.17) is 9.90 Å². The molecular weight excluding hydrogens is 190 g/mol. The Morgan fingerprint density at radius 1 is 1.83 bits per heavy atom. The third-order valence-electron chi connectivity index (χ3n) is 0.114. The maximum atomic E-state index is 10.5. The molecule has 0 amide bonds. The Kier molecular flexibility index (Phi) is 8.39. The molecule has 0 aromatic heterocycles. The molecule has 36 valence electrons. The van der Waals surface area contributed by atoms with Crippen molar-refractivity contribution in [2.75, 3.05) is 6.67 Å². The number of carboxylic acid groups (broad SMARTS) is 1. The molecule has 0 rings (SSSR count). The first-order chi connectivity index (χ1) is 2.27. The predicted molar refractivity (Wildman–Crippen MR) is 23.5 cm³/mol. The van der Waals surface area contributed by atoms with E-state index in [0.717, 1.165) is 0 Å². The molecule has 0 fully saturated rings. The quantitative estimate of drug-likeness (QED) is 0.575. The van der Waals surface area contributed by atoms with Crippen LogP contribution in [0.25, 0.3) is 0 Å². The van der Waals surface area contributed by atoms with Crippen molar-refractivity contribution < 1.29 is 14.3 Å². The normalized spacial score (nSPS) is 6.17. The Labute approximate surface area is 53.1 Å².